The van der Waals surface area contributed by atoms with E-state index in [-0.39, 0.29) is 38.9 Å². The molecule has 0 unspecified atom stereocenters. The zero-order valence-corrected chi connectivity index (χ0v) is 30.8. The summed E-state index contributed by atoms with van der Waals surface area (Å²) in [6, 6.07) is 16.7. The molecular formula is C43H54O4. The molecule has 3 N–H and O–H groups in total. The SMILES string of the molecule is COc1c2cc(C(C)(C)C)cc1-c1cc(C(C)(C)C)cc(c1O)Cc1cc(C(C)(C)C)cc(c1O)Cc1cc(C(C)(C)C)cc-2c1O. The number of phenols is 3. The Labute approximate surface area is 282 Å². The molecule has 4 aromatic carbocycles. The van der Waals surface area contributed by atoms with Crippen LogP contribution in [0.4, 0.5) is 0 Å². The number of benzene rings is 4. The minimum absolute atomic E-state index is 0.167. The third-order valence-corrected chi connectivity index (χ3v) is 9.74. The Kier molecular flexibility index (Phi) is 8.31. The van der Waals surface area contributed by atoms with E-state index in [1.54, 1.807) is 7.11 Å². The van der Waals surface area contributed by atoms with Crippen molar-refractivity contribution in [2.24, 2.45) is 0 Å². The van der Waals surface area contributed by atoms with Crippen LogP contribution in [0.1, 0.15) is 128 Å². The Bertz CT molecular complexity index is 1750. The van der Waals surface area contributed by atoms with E-state index in [4.69, 9.17) is 4.74 Å². The number of fused-ring (bicyclic) bond motifs is 10. The predicted octanol–water partition coefficient (Wildman–Crippen LogP) is 10.8. The molecule has 0 atom stereocenters. The van der Waals surface area contributed by atoms with Crippen molar-refractivity contribution in [2.45, 2.75) is 118 Å². The molecule has 47 heavy (non-hydrogen) atoms. The van der Waals surface area contributed by atoms with Gasteiger partial charge in [-0.2, -0.15) is 0 Å². The van der Waals surface area contributed by atoms with Crippen LogP contribution in [0.3, 0.4) is 0 Å². The Morgan fingerprint density at radius 3 is 0.957 bits per heavy atom. The van der Waals surface area contributed by atoms with Crippen LogP contribution < -0.4 is 4.74 Å². The number of rotatable bonds is 1. The largest absolute Gasteiger partial charge is 0.507 e. The Morgan fingerprint density at radius 1 is 0.404 bits per heavy atom. The monoisotopic (exact) mass is 634 g/mol. The van der Waals surface area contributed by atoms with E-state index in [9.17, 15) is 15.3 Å². The van der Waals surface area contributed by atoms with Gasteiger partial charge >= 0.3 is 0 Å². The second kappa shape index (κ2) is 11.4. The normalized spacial score (nSPS) is 13.7. The van der Waals surface area contributed by atoms with E-state index in [0.29, 0.717) is 29.7 Å². The molecule has 4 aromatic rings. The molecule has 0 fully saturated rings. The third-order valence-electron chi connectivity index (χ3n) is 9.74. The zero-order chi connectivity index (χ0) is 35.0. The first-order valence-electron chi connectivity index (χ1n) is 16.8. The summed E-state index contributed by atoms with van der Waals surface area (Å²) in [6.45, 7) is 26.1. The Balaban J connectivity index is 2.05. The fourth-order valence-corrected chi connectivity index (χ4v) is 6.49. The average molecular weight is 635 g/mol. The topological polar surface area (TPSA) is 69.9 Å². The minimum Gasteiger partial charge on any atom is -0.507 e. The molecule has 4 heteroatoms. The summed E-state index contributed by atoms with van der Waals surface area (Å²) in [4.78, 5) is 0. The van der Waals surface area contributed by atoms with Gasteiger partial charge in [-0.3, -0.25) is 0 Å². The summed E-state index contributed by atoms with van der Waals surface area (Å²) in [5.74, 6) is 1.14. The van der Waals surface area contributed by atoms with E-state index in [1.165, 1.54) is 0 Å². The molecule has 0 aliphatic heterocycles. The molecule has 0 saturated heterocycles. The van der Waals surface area contributed by atoms with Crippen LogP contribution >= 0.6 is 0 Å². The maximum Gasteiger partial charge on any atom is 0.134 e. The molecule has 1 aliphatic carbocycles. The van der Waals surface area contributed by atoms with Gasteiger partial charge in [-0.15, -0.1) is 0 Å². The highest BCUT2D eigenvalue weighted by molar-refractivity contribution is 5.89. The Morgan fingerprint density at radius 2 is 0.660 bits per heavy atom. The van der Waals surface area contributed by atoms with Crippen LogP contribution in [0.25, 0.3) is 22.3 Å². The Hall–Kier alpha value is -3.92. The maximum atomic E-state index is 12.2. The first kappa shape index (κ1) is 34.4. The lowest BCUT2D eigenvalue weighted by molar-refractivity contribution is 0.415. The van der Waals surface area contributed by atoms with Gasteiger partial charge in [-0.05, 0) is 90.4 Å². The van der Waals surface area contributed by atoms with Gasteiger partial charge in [0.25, 0.3) is 0 Å². The molecule has 0 aromatic heterocycles. The van der Waals surface area contributed by atoms with Crippen molar-refractivity contribution in [3.8, 4) is 45.3 Å². The van der Waals surface area contributed by atoms with Gasteiger partial charge in [0.05, 0.1) is 7.11 Å². The molecular weight excluding hydrogens is 580 g/mol. The number of phenolic OH excluding ortho intramolecular Hbond substituents is 3. The molecule has 4 nitrogen and oxygen atoms in total. The maximum absolute atomic E-state index is 12.2. The highest BCUT2D eigenvalue weighted by atomic mass is 16.5. The first-order valence-corrected chi connectivity index (χ1v) is 16.8. The summed E-state index contributed by atoms with van der Waals surface area (Å²) in [5, 5.41) is 36.3. The number of hydrogen-bond acceptors (Lipinski definition) is 4. The lowest BCUT2D eigenvalue weighted by Crippen LogP contribution is -2.15. The summed E-state index contributed by atoms with van der Waals surface area (Å²) in [6.07, 6.45) is 0.692. The molecule has 8 bridgehead atoms. The number of hydrogen-bond donors (Lipinski definition) is 3. The van der Waals surface area contributed by atoms with Crippen LogP contribution in [0, 0.1) is 0 Å². The molecule has 0 saturated carbocycles. The summed E-state index contributed by atoms with van der Waals surface area (Å²) in [7, 11) is 1.66. The van der Waals surface area contributed by atoms with Crippen LogP contribution in [0.5, 0.6) is 23.0 Å². The molecule has 250 valence electrons. The summed E-state index contributed by atoms with van der Waals surface area (Å²) >= 11 is 0. The standard InChI is InChI=1S/C43H54O4/c1-40(2,3)28-16-24-14-26-18-29(41(4,5)6)20-32(37(26)45)34-22-31(43(10,11)12)23-35(39(34)47-13)33-21-30(42(7,8)9)19-27(38(33)46)15-25(17-28)36(24)44/h16-23,44-46H,14-15H2,1-13H3. The summed E-state index contributed by atoms with van der Waals surface area (Å²) in [5.41, 5.74) is 9.35. The minimum atomic E-state index is -0.228. The van der Waals surface area contributed by atoms with E-state index in [0.717, 1.165) is 55.6 Å². The lowest BCUT2D eigenvalue weighted by Gasteiger charge is -2.28. The fourth-order valence-electron chi connectivity index (χ4n) is 6.49. The highest BCUT2D eigenvalue weighted by Crippen LogP contribution is 2.51. The smallest absolute Gasteiger partial charge is 0.134 e. The van der Waals surface area contributed by atoms with Gasteiger partial charge < -0.3 is 20.1 Å². The van der Waals surface area contributed by atoms with E-state index < -0.39 is 0 Å². The van der Waals surface area contributed by atoms with Gasteiger partial charge in [-0.25, -0.2) is 0 Å². The highest BCUT2D eigenvalue weighted by Gasteiger charge is 2.30. The van der Waals surface area contributed by atoms with Gasteiger partial charge in [0.1, 0.15) is 23.0 Å². The molecule has 1 aliphatic rings. The van der Waals surface area contributed by atoms with E-state index in [2.05, 4.69) is 132 Å². The van der Waals surface area contributed by atoms with Crippen molar-refractivity contribution in [2.75, 3.05) is 7.11 Å². The second-order valence-corrected chi connectivity index (χ2v) is 17.7. The van der Waals surface area contributed by atoms with Crippen molar-refractivity contribution in [3.05, 3.63) is 93.0 Å². The van der Waals surface area contributed by atoms with E-state index >= 15 is 0 Å². The molecule has 0 amide bonds. The fraction of sp³-hybridized carbons (Fsp3) is 0.442. The van der Waals surface area contributed by atoms with Crippen LogP contribution in [0.15, 0.2) is 48.5 Å². The number of ether oxygens (including phenoxy) is 1. The number of aromatic hydroxyl groups is 3. The van der Waals surface area contributed by atoms with Crippen LogP contribution in [-0.2, 0) is 34.5 Å². The van der Waals surface area contributed by atoms with Gasteiger partial charge in [0.2, 0.25) is 0 Å². The molecule has 5 rings (SSSR count). The number of methoxy groups -OCH3 is 1. The van der Waals surface area contributed by atoms with Crippen molar-refractivity contribution in [1.29, 1.82) is 0 Å². The quantitative estimate of drug-likeness (QED) is 0.172. The van der Waals surface area contributed by atoms with E-state index in [1.807, 2.05) is 0 Å². The first-order chi connectivity index (χ1) is 21.5. The van der Waals surface area contributed by atoms with Gasteiger partial charge in [0, 0.05) is 35.1 Å². The lowest BCUT2D eigenvalue weighted by atomic mass is 9.78. The van der Waals surface area contributed by atoms with Crippen LogP contribution in [-0.4, -0.2) is 22.4 Å². The van der Waals surface area contributed by atoms with Crippen LogP contribution in [0.2, 0.25) is 0 Å². The second-order valence-electron chi connectivity index (χ2n) is 17.7. The van der Waals surface area contributed by atoms with Gasteiger partial charge in [-0.1, -0.05) is 107 Å². The molecule has 0 radical (unpaired) electrons. The molecule has 0 spiro atoms. The van der Waals surface area contributed by atoms with Crippen molar-refractivity contribution in [1.82, 2.24) is 0 Å². The van der Waals surface area contributed by atoms with Crippen molar-refractivity contribution in [3.63, 3.8) is 0 Å². The third kappa shape index (κ3) is 6.49. The predicted molar refractivity (Wildman–Crippen MR) is 196 cm³/mol. The van der Waals surface area contributed by atoms with Gasteiger partial charge in [0.15, 0.2) is 0 Å². The average Bonchev–Trinajstić information content (AvgIpc) is 2.93. The summed E-state index contributed by atoms with van der Waals surface area (Å²) < 4.78 is 6.25. The van der Waals surface area contributed by atoms with Crippen molar-refractivity contribution < 1.29 is 20.1 Å². The van der Waals surface area contributed by atoms with Crippen molar-refractivity contribution >= 4 is 0 Å². The molecule has 0 heterocycles. The zero-order valence-electron chi connectivity index (χ0n) is 30.8.